The van der Waals surface area contributed by atoms with Gasteiger partial charge in [-0.25, -0.2) is 19.9 Å². The largest absolute Gasteiger partial charge is 0.433 e. The number of imidazole rings is 1. The van der Waals surface area contributed by atoms with Crippen molar-refractivity contribution in [3.8, 4) is 11.3 Å². The van der Waals surface area contributed by atoms with Gasteiger partial charge in [-0.3, -0.25) is 9.69 Å². The molecular weight excluding hydrogens is 507 g/mol. The van der Waals surface area contributed by atoms with Crippen LogP contribution in [0.4, 0.5) is 13.2 Å². The summed E-state index contributed by atoms with van der Waals surface area (Å²) in [6, 6.07) is 10.4. The predicted octanol–water partition coefficient (Wildman–Crippen LogP) is 4.39. The maximum atomic E-state index is 13.7. The molecule has 202 valence electrons. The summed E-state index contributed by atoms with van der Waals surface area (Å²) in [5, 5.41) is 0. The average molecular weight is 536 g/mol. The number of nitrogens with zero attached hydrogens (tertiary/aromatic N) is 6. The normalized spacial score (nSPS) is 16.7. The third-order valence-corrected chi connectivity index (χ3v) is 7.20. The number of benzene rings is 1. The zero-order valence-corrected chi connectivity index (χ0v) is 21.5. The van der Waals surface area contributed by atoms with Crippen LogP contribution in [0.5, 0.6) is 0 Å². The Morgan fingerprint density at radius 3 is 2.54 bits per heavy atom. The number of nitrogens with one attached hydrogen (secondary N) is 1. The van der Waals surface area contributed by atoms with E-state index in [0.717, 1.165) is 35.7 Å². The second-order valence-electron chi connectivity index (χ2n) is 10.3. The summed E-state index contributed by atoms with van der Waals surface area (Å²) in [5.74, 6) is 1.59. The molecule has 0 radical (unpaired) electrons. The number of carbonyl (C=O) groups excluding carboxylic acids is 1. The summed E-state index contributed by atoms with van der Waals surface area (Å²) in [5.41, 5.74) is 3.09. The van der Waals surface area contributed by atoms with Gasteiger partial charge >= 0.3 is 6.18 Å². The lowest BCUT2D eigenvalue weighted by molar-refractivity contribution is -0.141. The van der Waals surface area contributed by atoms with E-state index >= 15 is 0 Å². The molecule has 8 nitrogen and oxygen atoms in total. The van der Waals surface area contributed by atoms with Crippen LogP contribution in [0.2, 0.25) is 0 Å². The first kappa shape index (κ1) is 25.4. The smallest absolute Gasteiger partial charge is 0.342 e. The molecule has 1 saturated heterocycles. The van der Waals surface area contributed by atoms with Gasteiger partial charge in [0, 0.05) is 62.5 Å². The lowest BCUT2D eigenvalue weighted by Crippen LogP contribution is -2.48. The Morgan fingerprint density at radius 2 is 1.82 bits per heavy atom. The number of aromatic amines is 1. The van der Waals surface area contributed by atoms with Gasteiger partial charge in [-0.1, -0.05) is 6.07 Å². The number of amides is 1. The van der Waals surface area contributed by atoms with Crippen LogP contribution in [0.25, 0.3) is 22.3 Å². The number of fused-ring (bicyclic) bond motifs is 1. The van der Waals surface area contributed by atoms with E-state index in [-0.39, 0.29) is 18.2 Å². The second-order valence-corrected chi connectivity index (χ2v) is 10.3. The van der Waals surface area contributed by atoms with Crippen molar-refractivity contribution in [1.82, 2.24) is 34.7 Å². The fraction of sp³-hybridized carbons (Fsp3) is 0.393. The molecule has 0 bridgehead atoms. The number of aromatic nitrogens is 5. The van der Waals surface area contributed by atoms with Gasteiger partial charge in [0.05, 0.1) is 16.7 Å². The Balaban J connectivity index is 1.20. The van der Waals surface area contributed by atoms with Crippen molar-refractivity contribution < 1.29 is 18.0 Å². The molecule has 0 atom stereocenters. The first-order valence-corrected chi connectivity index (χ1v) is 13.1. The molecule has 1 amide bonds. The van der Waals surface area contributed by atoms with E-state index < -0.39 is 11.9 Å². The number of alkyl halides is 3. The highest BCUT2D eigenvalue weighted by atomic mass is 19.4. The molecule has 2 aliphatic rings. The fourth-order valence-electron chi connectivity index (χ4n) is 5.04. The SMILES string of the molecule is Cc1nccc(-c2ccc3nc(Cc4cc(CN5CCN(C(=O)C6CC6)CC5)cc(C(F)(F)F)n4)[nH]c3c2)n1. The molecule has 1 N–H and O–H groups in total. The Labute approximate surface area is 223 Å². The number of pyridine rings is 1. The van der Waals surface area contributed by atoms with E-state index in [0.29, 0.717) is 61.1 Å². The summed E-state index contributed by atoms with van der Waals surface area (Å²) >= 11 is 0. The summed E-state index contributed by atoms with van der Waals surface area (Å²) < 4.78 is 41.2. The van der Waals surface area contributed by atoms with Crippen LogP contribution in [0.15, 0.2) is 42.6 Å². The number of halogens is 3. The zero-order valence-electron chi connectivity index (χ0n) is 21.5. The third kappa shape index (κ3) is 5.78. The van der Waals surface area contributed by atoms with Crippen molar-refractivity contribution in [3.05, 3.63) is 71.2 Å². The van der Waals surface area contributed by atoms with Crippen LogP contribution in [-0.4, -0.2) is 66.8 Å². The van der Waals surface area contributed by atoms with E-state index in [1.165, 1.54) is 0 Å². The summed E-state index contributed by atoms with van der Waals surface area (Å²) in [6.07, 6.45) is -0.791. The molecule has 11 heteroatoms. The Hall–Kier alpha value is -3.86. The van der Waals surface area contributed by atoms with Crippen LogP contribution in [0, 0.1) is 12.8 Å². The van der Waals surface area contributed by atoms with Gasteiger partial charge < -0.3 is 9.88 Å². The van der Waals surface area contributed by atoms with Crippen molar-refractivity contribution in [2.24, 2.45) is 5.92 Å². The van der Waals surface area contributed by atoms with Crippen LogP contribution in [0.1, 0.15) is 41.4 Å². The van der Waals surface area contributed by atoms with E-state index in [9.17, 15) is 18.0 Å². The van der Waals surface area contributed by atoms with Gasteiger partial charge in [0.1, 0.15) is 17.3 Å². The number of hydrogen-bond acceptors (Lipinski definition) is 6. The summed E-state index contributed by atoms with van der Waals surface area (Å²) in [4.78, 5) is 36.6. The third-order valence-electron chi connectivity index (χ3n) is 7.20. The first-order valence-electron chi connectivity index (χ1n) is 13.1. The first-order chi connectivity index (χ1) is 18.7. The zero-order chi connectivity index (χ0) is 27.1. The lowest BCUT2D eigenvalue weighted by atomic mass is 10.1. The molecule has 2 fully saturated rings. The van der Waals surface area contributed by atoms with Crippen molar-refractivity contribution >= 4 is 16.9 Å². The van der Waals surface area contributed by atoms with Crippen LogP contribution >= 0.6 is 0 Å². The summed E-state index contributed by atoms with van der Waals surface area (Å²) in [6.45, 7) is 4.67. The van der Waals surface area contributed by atoms with Gasteiger partial charge in [0.2, 0.25) is 5.91 Å². The van der Waals surface area contributed by atoms with E-state index in [2.05, 4.69) is 29.8 Å². The molecular formula is C28H28F3N7O. The van der Waals surface area contributed by atoms with Crippen molar-refractivity contribution in [1.29, 1.82) is 0 Å². The molecule has 0 unspecified atom stereocenters. The Kier molecular flexibility index (Phi) is 6.54. The molecule has 0 spiro atoms. The van der Waals surface area contributed by atoms with Crippen molar-refractivity contribution in [2.45, 2.75) is 38.9 Å². The minimum atomic E-state index is -4.56. The fourth-order valence-corrected chi connectivity index (χ4v) is 5.04. The van der Waals surface area contributed by atoms with E-state index in [1.807, 2.05) is 36.1 Å². The topological polar surface area (TPSA) is 90.9 Å². The molecule has 1 aliphatic heterocycles. The second kappa shape index (κ2) is 10.0. The summed E-state index contributed by atoms with van der Waals surface area (Å²) in [7, 11) is 0. The van der Waals surface area contributed by atoms with Gasteiger partial charge in [0.15, 0.2) is 0 Å². The Bertz CT molecular complexity index is 1520. The van der Waals surface area contributed by atoms with Gasteiger partial charge in [-0.15, -0.1) is 0 Å². The molecule has 1 aromatic carbocycles. The lowest BCUT2D eigenvalue weighted by Gasteiger charge is -2.35. The number of hydrogen-bond donors (Lipinski definition) is 1. The highest BCUT2D eigenvalue weighted by Crippen LogP contribution is 2.32. The number of carbonyl (C=O) groups is 1. The average Bonchev–Trinajstić information content (AvgIpc) is 3.68. The van der Waals surface area contributed by atoms with Crippen LogP contribution < -0.4 is 0 Å². The quantitative estimate of drug-likeness (QED) is 0.394. The van der Waals surface area contributed by atoms with Gasteiger partial charge in [0.25, 0.3) is 0 Å². The molecule has 1 aliphatic carbocycles. The van der Waals surface area contributed by atoms with Crippen LogP contribution in [-0.2, 0) is 23.9 Å². The minimum Gasteiger partial charge on any atom is -0.342 e. The molecule has 39 heavy (non-hydrogen) atoms. The highest BCUT2D eigenvalue weighted by Gasteiger charge is 2.35. The maximum absolute atomic E-state index is 13.7. The predicted molar refractivity (Wildman–Crippen MR) is 138 cm³/mol. The van der Waals surface area contributed by atoms with Crippen LogP contribution in [0.3, 0.4) is 0 Å². The molecule has 6 rings (SSSR count). The van der Waals surface area contributed by atoms with E-state index in [1.54, 1.807) is 12.3 Å². The van der Waals surface area contributed by atoms with Crippen molar-refractivity contribution in [3.63, 3.8) is 0 Å². The number of aryl methyl sites for hydroxylation is 1. The molecule has 4 aromatic rings. The molecule has 3 aromatic heterocycles. The number of piperazine rings is 1. The monoisotopic (exact) mass is 535 g/mol. The van der Waals surface area contributed by atoms with Gasteiger partial charge in [-0.2, -0.15) is 13.2 Å². The van der Waals surface area contributed by atoms with Gasteiger partial charge in [-0.05, 0) is 55.7 Å². The molecule has 4 heterocycles. The number of H-pyrrole nitrogens is 1. The standard InChI is InChI=1S/C28H28F3N7O/c1-17-32-7-6-22(33-17)20-4-5-23-24(14-20)36-26(35-23)15-21-12-18(13-25(34-21)28(29,30)31)16-37-8-10-38(11-9-37)27(39)19-2-3-19/h4-7,12-14,19H,2-3,8-11,15-16H2,1H3,(H,35,36). The Morgan fingerprint density at radius 1 is 1.03 bits per heavy atom. The van der Waals surface area contributed by atoms with Crippen molar-refractivity contribution in [2.75, 3.05) is 26.2 Å². The highest BCUT2D eigenvalue weighted by molar-refractivity contribution is 5.81. The number of rotatable bonds is 6. The minimum absolute atomic E-state index is 0.136. The molecule has 1 saturated carbocycles. The van der Waals surface area contributed by atoms with E-state index in [4.69, 9.17) is 0 Å². The maximum Gasteiger partial charge on any atom is 0.433 e.